The Balaban J connectivity index is 0.00000240. The maximum Gasteiger partial charge on any atom is 0.0966 e. The molecule has 148 valence electrons. The lowest BCUT2D eigenvalue weighted by atomic mass is 9.93. The van der Waals surface area contributed by atoms with Crippen LogP contribution in [0.15, 0.2) is 84.0 Å². The van der Waals surface area contributed by atoms with E-state index in [4.69, 9.17) is 5.73 Å². The van der Waals surface area contributed by atoms with Gasteiger partial charge in [0, 0.05) is 31.3 Å². The third kappa shape index (κ3) is 4.73. The van der Waals surface area contributed by atoms with Crippen LogP contribution in [-0.2, 0) is 6.42 Å². The van der Waals surface area contributed by atoms with E-state index < -0.39 is 6.10 Å². The molecule has 4 aromatic rings. The minimum atomic E-state index is -0.701. The molecule has 0 spiro atoms. The first-order valence-corrected chi connectivity index (χ1v) is 9.49. The minimum Gasteiger partial charge on any atom is -0.388 e. The molecule has 0 bridgehead atoms. The highest BCUT2D eigenvalue weighted by Gasteiger charge is 2.15. The van der Waals surface area contributed by atoms with E-state index in [1.807, 2.05) is 42.5 Å². The summed E-state index contributed by atoms with van der Waals surface area (Å²) in [4.78, 5) is 8.71. The number of pyridine rings is 1. The van der Waals surface area contributed by atoms with E-state index in [0.29, 0.717) is 18.8 Å². The van der Waals surface area contributed by atoms with E-state index >= 15 is 0 Å². The van der Waals surface area contributed by atoms with Crippen molar-refractivity contribution in [1.29, 1.82) is 0 Å². The number of nitrogens with zero attached hydrogens (tertiary/aromatic N) is 2. The summed E-state index contributed by atoms with van der Waals surface area (Å²) in [6, 6.07) is 24.3. The first-order valence-electron chi connectivity index (χ1n) is 9.49. The van der Waals surface area contributed by atoms with Crippen molar-refractivity contribution in [2.24, 2.45) is 10.7 Å². The third-order valence-corrected chi connectivity index (χ3v) is 4.97. The number of benzene rings is 3. The number of amidine groups is 1. The molecule has 3 aromatic carbocycles. The van der Waals surface area contributed by atoms with Gasteiger partial charge >= 0.3 is 0 Å². The van der Waals surface area contributed by atoms with Crippen molar-refractivity contribution in [3.05, 3.63) is 90.3 Å². The number of hydrogen-bond acceptors (Lipinski definition) is 3. The highest BCUT2D eigenvalue weighted by Crippen LogP contribution is 2.32. The van der Waals surface area contributed by atoms with Crippen LogP contribution in [0.4, 0.5) is 0 Å². The fraction of sp³-hybridized carbons (Fsp3) is 0.167. The van der Waals surface area contributed by atoms with E-state index in [1.54, 1.807) is 6.20 Å². The quantitative estimate of drug-likeness (QED) is 0.274. The highest BCUT2D eigenvalue weighted by molar-refractivity contribution is 6.09. The van der Waals surface area contributed by atoms with Crippen LogP contribution in [0, 0.1) is 0 Å². The molecule has 0 fully saturated rings. The molecule has 0 saturated heterocycles. The maximum atomic E-state index is 10.9. The second-order valence-corrected chi connectivity index (χ2v) is 6.90. The molecule has 0 aliphatic carbocycles. The first kappa shape index (κ1) is 20.8. The number of aliphatic hydroxyl groups is 1. The van der Waals surface area contributed by atoms with Gasteiger partial charge in [-0.2, -0.15) is 0 Å². The van der Waals surface area contributed by atoms with Crippen LogP contribution in [0.1, 0.15) is 23.8 Å². The number of hydrogen-bond donors (Lipinski definition) is 2. The Kier molecular flexibility index (Phi) is 6.81. The Morgan fingerprint density at radius 1 is 0.931 bits per heavy atom. The number of fused-ring (bicyclic) bond motifs is 3. The molecule has 0 amide bonds. The molecule has 3 N–H and O–H groups in total. The molecule has 5 heteroatoms. The molecule has 1 unspecified atom stereocenters. The molecule has 0 aliphatic heterocycles. The number of aromatic nitrogens is 1. The Morgan fingerprint density at radius 2 is 1.62 bits per heavy atom. The van der Waals surface area contributed by atoms with Gasteiger partial charge in [-0.1, -0.05) is 54.6 Å². The molecule has 0 saturated carbocycles. The summed E-state index contributed by atoms with van der Waals surface area (Å²) >= 11 is 0. The zero-order valence-electron chi connectivity index (χ0n) is 16.0. The van der Waals surface area contributed by atoms with Crippen LogP contribution in [0.5, 0.6) is 0 Å². The second-order valence-electron chi connectivity index (χ2n) is 6.90. The first-order chi connectivity index (χ1) is 13.7. The summed E-state index contributed by atoms with van der Waals surface area (Å²) < 4.78 is 0. The predicted octanol–water partition coefficient (Wildman–Crippen LogP) is 4.83. The summed E-state index contributed by atoms with van der Waals surface area (Å²) in [6.07, 6.45) is 2.12. The van der Waals surface area contributed by atoms with E-state index in [1.165, 1.54) is 5.39 Å². The number of halogens is 1. The van der Waals surface area contributed by atoms with E-state index in [9.17, 15) is 5.11 Å². The molecular formula is C24H24ClN3O. The van der Waals surface area contributed by atoms with Crippen molar-refractivity contribution in [2.45, 2.75) is 18.9 Å². The third-order valence-electron chi connectivity index (χ3n) is 4.97. The van der Waals surface area contributed by atoms with Crippen molar-refractivity contribution in [3.8, 4) is 0 Å². The van der Waals surface area contributed by atoms with E-state index in [2.05, 4.69) is 40.3 Å². The van der Waals surface area contributed by atoms with Crippen LogP contribution in [0.3, 0.4) is 0 Å². The Hall–Kier alpha value is -2.95. The Bertz CT molecular complexity index is 1130. The lowest BCUT2D eigenvalue weighted by molar-refractivity contribution is 0.187. The summed E-state index contributed by atoms with van der Waals surface area (Å²) in [5.74, 6) is 0.459. The summed E-state index contributed by atoms with van der Waals surface area (Å²) in [5, 5.41) is 15.4. The lowest BCUT2D eigenvalue weighted by Gasteiger charge is -2.16. The van der Waals surface area contributed by atoms with Crippen molar-refractivity contribution in [1.82, 2.24) is 4.98 Å². The van der Waals surface area contributed by atoms with E-state index in [0.717, 1.165) is 33.8 Å². The molecule has 1 atom stereocenters. The number of nitrogens with two attached hydrogens (primary N) is 1. The van der Waals surface area contributed by atoms with Gasteiger partial charge in [0.25, 0.3) is 0 Å². The van der Waals surface area contributed by atoms with Crippen LogP contribution in [-0.4, -0.2) is 22.5 Å². The fourth-order valence-electron chi connectivity index (χ4n) is 3.59. The van der Waals surface area contributed by atoms with Gasteiger partial charge in [-0.05, 0) is 45.3 Å². The van der Waals surface area contributed by atoms with Gasteiger partial charge in [0.05, 0.1) is 11.9 Å². The maximum absolute atomic E-state index is 10.9. The van der Waals surface area contributed by atoms with E-state index in [-0.39, 0.29) is 12.4 Å². The summed E-state index contributed by atoms with van der Waals surface area (Å²) in [7, 11) is 0. The van der Waals surface area contributed by atoms with Gasteiger partial charge in [-0.25, -0.2) is 0 Å². The SMILES string of the molecule is Cl.NC(CC(O)c1cc2ccccc2c2ccccc12)=NCCc1ccccn1. The monoisotopic (exact) mass is 405 g/mol. The van der Waals surface area contributed by atoms with Crippen LogP contribution in [0.25, 0.3) is 21.5 Å². The average molecular weight is 406 g/mol. The standard InChI is InChI=1S/C24H23N3O.ClH/c25-24(27-14-12-18-8-5-6-13-26-18)16-23(28)22-15-17-7-1-2-9-19(17)20-10-3-4-11-21(20)22;/h1-11,13,15,23,28H,12,14,16H2,(H2,25,27);1H. The smallest absolute Gasteiger partial charge is 0.0966 e. The Labute approximate surface area is 176 Å². The molecule has 29 heavy (non-hydrogen) atoms. The van der Waals surface area contributed by atoms with Gasteiger partial charge in [-0.15, -0.1) is 12.4 Å². The van der Waals surface area contributed by atoms with Crippen LogP contribution >= 0.6 is 12.4 Å². The van der Waals surface area contributed by atoms with Crippen LogP contribution < -0.4 is 5.73 Å². The predicted molar refractivity (Wildman–Crippen MR) is 123 cm³/mol. The molecule has 0 aliphatic rings. The average Bonchev–Trinajstić information content (AvgIpc) is 2.74. The molecule has 4 nitrogen and oxygen atoms in total. The highest BCUT2D eigenvalue weighted by atomic mass is 35.5. The second kappa shape index (κ2) is 9.50. The van der Waals surface area contributed by atoms with Gasteiger partial charge in [0.1, 0.15) is 0 Å². The topological polar surface area (TPSA) is 71.5 Å². The fourth-order valence-corrected chi connectivity index (χ4v) is 3.59. The zero-order chi connectivity index (χ0) is 19.3. The van der Waals surface area contributed by atoms with Crippen molar-refractivity contribution < 1.29 is 5.11 Å². The van der Waals surface area contributed by atoms with Crippen molar-refractivity contribution in [3.63, 3.8) is 0 Å². The van der Waals surface area contributed by atoms with Gasteiger partial charge in [0.15, 0.2) is 0 Å². The number of rotatable bonds is 6. The largest absolute Gasteiger partial charge is 0.388 e. The van der Waals surface area contributed by atoms with Crippen molar-refractivity contribution in [2.75, 3.05) is 6.54 Å². The number of aliphatic imine (C=N–C) groups is 1. The normalized spacial score (nSPS) is 12.7. The molecule has 0 radical (unpaired) electrons. The van der Waals surface area contributed by atoms with Gasteiger partial charge in [-0.3, -0.25) is 9.98 Å². The van der Waals surface area contributed by atoms with Gasteiger partial charge in [0.2, 0.25) is 0 Å². The number of aliphatic hydroxyl groups excluding tert-OH is 1. The molecular weight excluding hydrogens is 382 g/mol. The Morgan fingerprint density at radius 3 is 2.38 bits per heavy atom. The van der Waals surface area contributed by atoms with Crippen LogP contribution in [0.2, 0.25) is 0 Å². The molecule has 4 rings (SSSR count). The lowest BCUT2D eigenvalue weighted by Crippen LogP contribution is -2.17. The van der Waals surface area contributed by atoms with Gasteiger partial charge < -0.3 is 10.8 Å². The molecule has 1 aromatic heterocycles. The summed E-state index contributed by atoms with van der Waals surface area (Å²) in [6.45, 7) is 0.564. The van der Waals surface area contributed by atoms with Crippen molar-refractivity contribution >= 4 is 39.8 Å². The molecule has 1 heterocycles. The zero-order valence-corrected chi connectivity index (χ0v) is 16.8. The summed E-state index contributed by atoms with van der Waals surface area (Å²) in [5.41, 5.74) is 7.97. The minimum absolute atomic E-state index is 0.